The number of benzene rings is 2. The first-order valence-electron chi connectivity index (χ1n) is 11.0. The molecule has 4 N–H and O–H groups in total. The van der Waals surface area contributed by atoms with E-state index < -0.39 is 0 Å². The molecular formula is C26H29N5O3. The number of carbonyl (C=O) groups excluding carboxylic acids is 1. The lowest BCUT2D eigenvalue weighted by Crippen LogP contribution is -2.29. The third-order valence-electron chi connectivity index (χ3n) is 5.70. The van der Waals surface area contributed by atoms with Crippen molar-refractivity contribution < 1.29 is 14.3 Å². The minimum Gasteiger partial charge on any atom is -0.493 e. The van der Waals surface area contributed by atoms with Crippen LogP contribution in [-0.2, 0) is 0 Å². The van der Waals surface area contributed by atoms with Crippen LogP contribution in [0.25, 0.3) is 16.9 Å². The fourth-order valence-electron chi connectivity index (χ4n) is 3.91. The number of aryl methyl sites for hydroxylation is 2. The Morgan fingerprint density at radius 3 is 2.44 bits per heavy atom. The molecule has 0 aliphatic carbocycles. The lowest BCUT2D eigenvalue weighted by molar-refractivity contribution is 0.0954. The Kier molecular flexibility index (Phi) is 6.70. The molecule has 0 radical (unpaired) electrons. The largest absolute Gasteiger partial charge is 0.493 e. The van der Waals surface area contributed by atoms with Crippen molar-refractivity contribution in [2.24, 2.45) is 5.73 Å². The molecule has 8 heteroatoms. The molecule has 0 bridgehead atoms. The molecule has 34 heavy (non-hydrogen) atoms. The molecule has 0 saturated heterocycles. The number of aromatic nitrogens is 2. The van der Waals surface area contributed by atoms with Crippen molar-refractivity contribution in [2.75, 3.05) is 32.6 Å². The standard InChI is InChI=1S/C26H29N5O3/c1-16-6-5-7-17(2)23(16)30-25-24(18-8-9-20(33-3)21(14-18)34-4)29-22-15-19(10-13-31(22)25)26(32)28-12-11-27/h5-10,13-15,30H,11-12,27H2,1-4H3,(H,28,32). The monoisotopic (exact) mass is 459 g/mol. The van der Waals surface area contributed by atoms with Gasteiger partial charge in [0.25, 0.3) is 5.91 Å². The molecule has 0 aliphatic heterocycles. The molecule has 0 spiro atoms. The number of nitrogens with one attached hydrogen (secondary N) is 2. The average molecular weight is 460 g/mol. The number of carbonyl (C=O) groups is 1. The van der Waals surface area contributed by atoms with Crippen molar-refractivity contribution >= 4 is 23.1 Å². The highest BCUT2D eigenvalue weighted by Gasteiger charge is 2.19. The highest BCUT2D eigenvalue weighted by molar-refractivity contribution is 5.95. The van der Waals surface area contributed by atoms with E-state index in [1.165, 1.54) is 0 Å². The summed E-state index contributed by atoms with van der Waals surface area (Å²) < 4.78 is 12.9. The molecule has 0 saturated carbocycles. The molecule has 176 valence electrons. The highest BCUT2D eigenvalue weighted by Crippen LogP contribution is 2.37. The van der Waals surface area contributed by atoms with Crippen molar-refractivity contribution in [2.45, 2.75) is 13.8 Å². The van der Waals surface area contributed by atoms with Crippen LogP contribution < -0.4 is 25.8 Å². The number of hydrogen-bond donors (Lipinski definition) is 3. The number of nitrogens with zero attached hydrogens (tertiary/aromatic N) is 2. The van der Waals surface area contributed by atoms with E-state index >= 15 is 0 Å². The van der Waals surface area contributed by atoms with Gasteiger partial charge in [0.1, 0.15) is 17.2 Å². The Morgan fingerprint density at radius 1 is 1.03 bits per heavy atom. The lowest BCUT2D eigenvalue weighted by atomic mass is 10.1. The predicted octanol–water partition coefficient (Wildman–Crippen LogP) is 4.07. The molecule has 0 aliphatic rings. The molecule has 4 aromatic rings. The number of fused-ring (bicyclic) bond motifs is 1. The number of rotatable bonds is 8. The Labute approximate surface area is 198 Å². The van der Waals surface area contributed by atoms with Gasteiger partial charge in [0.05, 0.1) is 14.2 Å². The van der Waals surface area contributed by atoms with Gasteiger partial charge in [0, 0.05) is 36.1 Å². The van der Waals surface area contributed by atoms with Gasteiger partial charge < -0.3 is 25.8 Å². The van der Waals surface area contributed by atoms with Gasteiger partial charge in [0.15, 0.2) is 11.5 Å². The van der Waals surface area contributed by atoms with Gasteiger partial charge in [-0.05, 0) is 55.3 Å². The van der Waals surface area contributed by atoms with Crippen molar-refractivity contribution in [1.29, 1.82) is 0 Å². The fourth-order valence-corrected chi connectivity index (χ4v) is 3.91. The molecule has 1 amide bonds. The zero-order chi connectivity index (χ0) is 24.2. The minimum atomic E-state index is -0.187. The zero-order valence-corrected chi connectivity index (χ0v) is 19.8. The summed E-state index contributed by atoms with van der Waals surface area (Å²) in [6.45, 7) is 4.92. The summed E-state index contributed by atoms with van der Waals surface area (Å²) in [7, 11) is 3.21. The van der Waals surface area contributed by atoms with Crippen LogP contribution in [0.3, 0.4) is 0 Å². The Morgan fingerprint density at radius 2 is 1.76 bits per heavy atom. The van der Waals surface area contributed by atoms with E-state index in [0.29, 0.717) is 35.8 Å². The summed E-state index contributed by atoms with van der Waals surface area (Å²) in [4.78, 5) is 17.4. The second kappa shape index (κ2) is 9.84. The third-order valence-corrected chi connectivity index (χ3v) is 5.70. The Balaban J connectivity index is 1.88. The average Bonchev–Trinajstić information content (AvgIpc) is 3.21. The quantitative estimate of drug-likeness (QED) is 0.367. The van der Waals surface area contributed by atoms with Gasteiger partial charge in [-0.25, -0.2) is 4.98 Å². The Hall–Kier alpha value is -4.04. The second-order valence-electron chi connectivity index (χ2n) is 7.96. The summed E-state index contributed by atoms with van der Waals surface area (Å²) >= 11 is 0. The van der Waals surface area contributed by atoms with Crippen LogP contribution in [0, 0.1) is 13.8 Å². The molecule has 0 atom stereocenters. The summed E-state index contributed by atoms with van der Waals surface area (Å²) in [5.74, 6) is 1.84. The van der Waals surface area contributed by atoms with Crippen molar-refractivity contribution in [1.82, 2.24) is 14.7 Å². The van der Waals surface area contributed by atoms with E-state index in [4.69, 9.17) is 20.2 Å². The van der Waals surface area contributed by atoms with Crippen LogP contribution in [0.15, 0.2) is 54.7 Å². The van der Waals surface area contributed by atoms with Crippen LogP contribution in [0.4, 0.5) is 11.5 Å². The van der Waals surface area contributed by atoms with Crippen LogP contribution in [-0.4, -0.2) is 42.6 Å². The maximum absolute atomic E-state index is 12.5. The summed E-state index contributed by atoms with van der Waals surface area (Å²) in [6, 6.07) is 15.4. The lowest BCUT2D eigenvalue weighted by Gasteiger charge is -2.15. The van der Waals surface area contributed by atoms with E-state index in [0.717, 1.165) is 33.9 Å². The number of imidazole rings is 1. The van der Waals surface area contributed by atoms with Crippen LogP contribution in [0.5, 0.6) is 11.5 Å². The van der Waals surface area contributed by atoms with E-state index in [2.05, 4.69) is 36.6 Å². The summed E-state index contributed by atoms with van der Waals surface area (Å²) in [5, 5.41) is 6.39. The Bertz CT molecular complexity index is 1330. The van der Waals surface area contributed by atoms with E-state index in [9.17, 15) is 4.79 Å². The number of pyridine rings is 1. The number of ether oxygens (including phenoxy) is 2. The maximum Gasteiger partial charge on any atom is 0.251 e. The predicted molar refractivity (Wildman–Crippen MR) is 134 cm³/mol. The molecule has 0 unspecified atom stereocenters. The normalized spacial score (nSPS) is 10.9. The SMILES string of the molecule is COc1ccc(-c2nc3cc(C(=O)NCCN)ccn3c2Nc2c(C)cccc2C)cc1OC. The number of hydrogen-bond acceptors (Lipinski definition) is 6. The molecule has 2 aromatic carbocycles. The fraction of sp³-hybridized carbons (Fsp3) is 0.231. The number of nitrogens with two attached hydrogens (primary N) is 1. The topological polar surface area (TPSA) is 103 Å². The van der Waals surface area contributed by atoms with Gasteiger partial charge in [0.2, 0.25) is 0 Å². The molecule has 4 rings (SSSR count). The van der Waals surface area contributed by atoms with Gasteiger partial charge in [-0.2, -0.15) is 0 Å². The van der Waals surface area contributed by atoms with Gasteiger partial charge >= 0.3 is 0 Å². The first kappa shape index (κ1) is 23.1. The van der Waals surface area contributed by atoms with Crippen LogP contribution in [0.1, 0.15) is 21.5 Å². The van der Waals surface area contributed by atoms with Crippen molar-refractivity contribution in [3.05, 3.63) is 71.4 Å². The van der Waals surface area contributed by atoms with Crippen molar-refractivity contribution in [3.8, 4) is 22.8 Å². The van der Waals surface area contributed by atoms with Crippen LogP contribution >= 0.6 is 0 Å². The number of anilines is 2. The van der Waals surface area contributed by atoms with Crippen LogP contribution in [0.2, 0.25) is 0 Å². The van der Waals surface area contributed by atoms with E-state index in [1.54, 1.807) is 26.4 Å². The van der Waals surface area contributed by atoms with Gasteiger partial charge in [-0.3, -0.25) is 9.20 Å². The number of methoxy groups -OCH3 is 2. The zero-order valence-electron chi connectivity index (χ0n) is 19.8. The van der Waals surface area contributed by atoms with Gasteiger partial charge in [-0.1, -0.05) is 18.2 Å². The molecule has 2 aromatic heterocycles. The summed E-state index contributed by atoms with van der Waals surface area (Å²) in [6.07, 6.45) is 1.85. The van der Waals surface area contributed by atoms with Gasteiger partial charge in [-0.15, -0.1) is 0 Å². The third kappa shape index (κ3) is 4.40. The second-order valence-corrected chi connectivity index (χ2v) is 7.96. The first-order chi connectivity index (χ1) is 16.5. The smallest absolute Gasteiger partial charge is 0.251 e. The number of amides is 1. The molecule has 8 nitrogen and oxygen atoms in total. The number of para-hydroxylation sites is 1. The maximum atomic E-state index is 12.5. The van der Waals surface area contributed by atoms with E-state index in [-0.39, 0.29) is 5.91 Å². The first-order valence-corrected chi connectivity index (χ1v) is 11.0. The molecular weight excluding hydrogens is 430 g/mol. The molecule has 2 heterocycles. The molecule has 0 fully saturated rings. The van der Waals surface area contributed by atoms with Crippen molar-refractivity contribution in [3.63, 3.8) is 0 Å². The van der Waals surface area contributed by atoms with E-state index in [1.807, 2.05) is 34.9 Å². The minimum absolute atomic E-state index is 0.187. The highest BCUT2D eigenvalue weighted by atomic mass is 16.5. The summed E-state index contributed by atoms with van der Waals surface area (Å²) in [5.41, 5.74) is 11.5.